The van der Waals surface area contributed by atoms with Gasteiger partial charge in [-0.3, -0.25) is 10.6 Å². The minimum Gasteiger partial charge on any atom is -0.464 e. The Kier molecular flexibility index (Phi) is 5.59. The van der Waals surface area contributed by atoms with Crippen LogP contribution in [0.15, 0.2) is 54.6 Å². The van der Waals surface area contributed by atoms with E-state index in [-0.39, 0.29) is 10.9 Å². The second-order valence-corrected chi connectivity index (χ2v) is 6.68. The lowest BCUT2D eigenvalue weighted by Crippen LogP contribution is -2.68. The number of urea groups is 1. The number of rotatable bonds is 5. The molecule has 1 atom stereocenters. The fourth-order valence-corrected chi connectivity index (χ4v) is 3.25. The van der Waals surface area contributed by atoms with Crippen LogP contribution in [0.25, 0.3) is 10.2 Å². The van der Waals surface area contributed by atoms with Gasteiger partial charge in [0.15, 0.2) is 5.13 Å². The van der Waals surface area contributed by atoms with E-state index in [1.165, 1.54) is 24.3 Å². The number of carbonyl (C=O) groups is 2. The molecule has 2 aromatic carbocycles. The van der Waals surface area contributed by atoms with Crippen LogP contribution < -0.4 is 15.4 Å². The molecule has 1 heterocycles. The highest BCUT2D eigenvalue weighted by Crippen LogP contribution is 2.34. The van der Waals surface area contributed by atoms with Crippen LogP contribution in [0.2, 0.25) is 0 Å². The zero-order valence-electron chi connectivity index (χ0n) is 14.8. The maximum atomic E-state index is 13.9. The Morgan fingerprint density at radius 2 is 1.69 bits per heavy atom. The van der Waals surface area contributed by atoms with Crippen molar-refractivity contribution in [2.24, 2.45) is 0 Å². The fraction of sp³-hybridized carbons (Fsp3) is 0.167. The molecule has 0 aliphatic rings. The molecular formula is C18H14F3N3O4S. The number of hydrogen-bond acceptors (Lipinski definition) is 6. The Morgan fingerprint density at radius 1 is 1.03 bits per heavy atom. The highest BCUT2D eigenvalue weighted by atomic mass is 32.1. The van der Waals surface area contributed by atoms with E-state index in [0.29, 0.717) is 5.52 Å². The van der Waals surface area contributed by atoms with Gasteiger partial charge in [-0.25, -0.2) is 14.6 Å². The number of alkyl halides is 3. The van der Waals surface area contributed by atoms with Crippen molar-refractivity contribution in [2.75, 3.05) is 12.4 Å². The third kappa shape index (κ3) is 4.24. The number of para-hydroxylation sites is 2. The number of anilines is 1. The number of fused-ring (bicyclic) bond motifs is 1. The molecular weight excluding hydrogens is 411 g/mol. The number of nitrogens with one attached hydrogen (secondary N) is 2. The molecule has 0 saturated carbocycles. The summed E-state index contributed by atoms with van der Waals surface area (Å²) in [5, 5.41) is 3.80. The van der Waals surface area contributed by atoms with E-state index in [2.05, 4.69) is 15.0 Å². The van der Waals surface area contributed by atoms with Gasteiger partial charge in [0.1, 0.15) is 5.75 Å². The molecule has 2 N–H and O–H groups in total. The number of carbonyl (C=O) groups excluding carboxylic acids is 2. The molecule has 152 valence electrons. The first kappa shape index (κ1) is 20.4. The Balaban J connectivity index is 1.90. The zero-order chi connectivity index (χ0) is 21.1. The first-order valence-corrected chi connectivity index (χ1v) is 8.91. The van der Waals surface area contributed by atoms with Crippen LogP contribution in [-0.4, -0.2) is 36.0 Å². The third-order valence-electron chi connectivity index (χ3n) is 3.69. The first-order valence-electron chi connectivity index (χ1n) is 8.09. The van der Waals surface area contributed by atoms with E-state index in [0.717, 1.165) is 23.1 Å². The summed E-state index contributed by atoms with van der Waals surface area (Å²) in [6.45, 7) is 0. The summed E-state index contributed by atoms with van der Waals surface area (Å²) < 4.78 is 51.5. The van der Waals surface area contributed by atoms with Crippen molar-refractivity contribution in [3.8, 4) is 5.75 Å². The number of hydrogen-bond donors (Lipinski definition) is 2. The van der Waals surface area contributed by atoms with E-state index < -0.39 is 23.9 Å². The van der Waals surface area contributed by atoms with Crippen LogP contribution in [0.5, 0.6) is 5.75 Å². The van der Waals surface area contributed by atoms with Gasteiger partial charge in [-0.15, -0.1) is 0 Å². The standard InChI is InChI=1S/C18H14F3N3O4S/c1-27-14(25)17(18(19,20)21,28-11-7-3-2-4-8-11)24-15(26)23-16-22-12-9-5-6-10-13(12)29-16/h2-10H,1H3,(H2,22,23,24,26)/t17-/m0/s1. The molecule has 0 spiro atoms. The number of esters is 1. The first-order chi connectivity index (χ1) is 13.7. The highest BCUT2D eigenvalue weighted by Gasteiger charge is 2.66. The topological polar surface area (TPSA) is 89.5 Å². The van der Waals surface area contributed by atoms with Gasteiger partial charge in [-0.1, -0.05) is 41.7 Å². The van der Waals surface area contributed by atoms with Crippen LogP contribution in [0, 0.1) is 0 Å². The fourth-order valence-electron chi connectivity index (χ4n) is 2.39. The molecule has 0 bridgehead atoms. The second kappa shape index (κ2) is 7.95. The van der Waals surface area contributed by atoms with E-state index in [9.17, 15) is 22.8 Å². The lowest BCUT2D eigenvalue weighted by atomic mass is 10.2. The van der Waals surface area contributed by atoms with Crippen LogP contribution in [-0.2, 0) is 9.53 Å². The molecule has 0 aliphatic heterocycles. The molecule has 3 rings (SSSR count). The molecule has 0 saturated heterocycles. The van der Waals surface area contributed by atoms with Gasteiger partial charge in [0.2, 0.25) is 0 Å². The molecule has 11 heteroatoms. The van der Waals surface area contributed by atoms with Gasteiger partial charge in [-0.2, -0.15) is 13.2 Å². The van der Waals surface area contributed by atoms with Gasteiger partial charge in [-0.05, 0) is 24.3 Å². The lowest BCUT2D eigenvalue weighted by molar-refractivity contribution is -0.258. The average Bonchev–Trinajstić information content (AvgIpc) is 3.08. The number of ether oxygens (including phenoxy) is 2. The summed E-state index contributed by atoms with van der Waals surface area (Å²) in [4.78, 5) is 28.5. The maximum Gasteiger partial charge on any atom is 0.460 e. The van der Waals surface area contributed by atoms with Crippen molar-refractivity contribution in [3.63, 3.8) is 0 Å². The van der Waals surface area contributed by atoms with Crippen molar-refractivity contribution in [1.29, 1.82) is 0 Å². The molecule has 3 aromatic rings. The summed E-state index contributed by atoms with van der Waals surface area (Å²) in [7, 11) is 0.754. The Hall–Kier alpha value is -3.34. The molecule has 1 aromatic heterocycles. The molecule has 7 nitrogen and oxygen atoms in total. The van der Waals surface area contributed by atoms with Crippen LogP contribution in [0.4, 0.5) is 23.1 Å². The number of methoxy groups -OCH3 is 1. The lowest BCUT2D eigenvalue weighted by Gasteiger charge is -2.33. The van der Waals surface area contributed by atoms with Crippen molar-refractivity contribution >= 4 is 38.7 Å². The minimum absolute atomic E-state index is 0.0457. The molecule has 0 fully saturated rings. The van der Waals surface area contributed by atoms with Gasteiger partial charge < -0.3 is 9.47 Å². The number of benzene rings is 2. The van der Waals surface area contributed by atoms with Crippen molar-refractivity contribution in [2.45, 2.75) is 11.9 Å². The van der Waals surface area contributed by atoms with Gasteiger partial charge in [0, 0.05) is 0 Å². The van der Waals surface area contributed by atoms with E-state index in [4.69, 9.17) is 4.74 Å². The Labute approximate surface area is 166 Å². The summed E-state index contributed by atoms with van der Waals surface area (Å²) in [6.07, 6.45) is -5.33. The monoisotopic (exact) mass is 425 g/mol. The molecule has 0 radical (unpaired) electrons. The van der Waals surface area contributed by atoms with Crippen molar-refractivity contribution < 1.29 is 32.2 Å². The summed E-state index contributed by atoms with van der Waals surface area (Å²) in [5.74, 6) is -2.14. The summed E-state index contributed by atoms with van der Waals surface area (Å²) in [5.41, 5.74) is -3.20. The van der Waals surface area contributed by atoms with E-state index in [1.807, 2.05) is 0 Å². The van der Waals surface area contributed by atoms with E-state index in [1.54, 1.807) is 35.6 Å². The zero-order valence-corrected chi connectivity index (χ0v) is 15.6. The average molecular weight is 425 g/mol. The molecule has 0 aliphatic carbocycles. The SMILES string of the molecule is COC(=O)[C@](NC(=O)Nc1nc2ccccc2s1)(Oc1ccccc1)C(F)(F)F. The number of amides is 2. The predicted molar refractivity (Wildman–Crippen MR) is 99.6 cm³/mol. The quantitative estimate of drug-likeness (QED) is 0.478. The summed E-state index contributed by atoms with van der Waals surface area (Å²) in [6, 6.07) is 12.3. The molecule has 29 heavy (non-hydrogen) atoms. The van der Waals surface area contributed by atoms with Gasteiger partial charge in [0.05, 0.1) is 17.3 Å². The Bertz CT molecular complexity index is 993. The van der Waals surface area contributed by atoms with Crippen LogP contribution >= 0.6 is 11.3 Å². The Morgan fingerprint density at radius 3 is 2.31 bits per heavy atom. The van der Waals surface area contributed by atoms with Crippen LogP contribution in [0.3, 0.4) is 0 Å². The molecule has 0 unspecified atom stereocenters. The van der Waals surface area contributed by atoms with E-state index >= 15 is 0 Å². The van der Waals surface area contributed by atoms with Gasteiger partial charge in [0.25, 0.3) is 0 Å². The molecule has 2 amide bonds. The number of aromatic nitrogens is 1. The number of nitrogens with zero attached hydrogens (tertiary/aromatic N) is 1. The highest BCUT2D eigenvalue weighted by molar-refractivity contribution is 7.22. The summed E-state index contributed by atoms with van der Waals surface area (Å²) >= 11 is 1.06. The van der Waals surface area contributed by atoms with Crippen molar-refractivity contribution in [1.82, 2.24) is 10.3 Å². The number of thiazole rings is 1. The van der Waals surface area contributed by atoms with Gasteiger partial charge >= 0.3 is 23.9 Å². The third-order valence-corrected chi connectivity index (χ3v) is 4.64. The van der Waals surface area contributed by atoms with Crippen molar-refractivity contribution in [3.05, 3.63) is 54.6 Å². The predicted octanol–water partition coefficient (Wildman–Crippen LogP) is 3.93. The van der Waals surface area contributed by atoms with Crippen LogP contribution in [0.1, 0.15) is 0 Å². The minimum atomic E-state index is -5.33. The normalized spacial score (nSPS) is 13.4. The smallest absolute Gasteiger partial charge is 0.460 e. The second-order valence-electron chi connectivity index (χ2n) is 5.65. The maximum absolute atomic E-state index is 13.9. The largest absolute Gasteiger partial charge is 0.464 e. The number of halogens is 3.